The summed E-state index contributed by atoms with van der Waals surface area (Å²) in [6.45, 7) is 0. The third-order valence-electron chi connectivity index (χ3n) is 2.01. The molecule has 0 aliphatic heterocycles. The second-order valence-electron chi connectivity index (χ2n) is 2.94. The molecule has 0 bridgehead atoms. The Balaban J connectivity index is 2.37. The largest absolute Gasteiger partial charge is 0.497 e. The average molecular weight is 221 g/mol. The van der Waals surface area contributed by atoms with E-state index in [0.717, 1.165) is 17.0 Å². The standard InChI is InChI=1S/C11H9ClN2O/c1-15-9-4-2-8(3-5-9)10-6-7-13-11(12)14-10/h2-7H,1H3. The summed E-state index contributed by atoms with van der Waals surface area (Å²) in [5.74, 6) is 0.818. The molecular weight excluding hydrogens is 212 g/mol. The highest BCUT2D eigenvalue weighted by molar-refractivity contribution is 6.28. The third-order valence-corrected chi connectivity index (χ3v) is 2.19. The van der Waals surface area contributed by atoms with Crippen LogP contribution in [-0.4, -0.2) is 17.1 Å². The molecule has 0 saturated heterocycles. The van der Waals surface area contributed by atoms with Gasteiger partial charge in [0.25, 0.3) is 0 Å². The van der Waals surface area contributed by atoms with Crippen molar-refractivity contribution in [3.63, 3.8) is 0 Å². The number of ether oxygens (including phenoxy) is 1. The van der Waals surface area contributed by atoms with Gasteiger partial charge in [0.1, 0.15) is 5.75 Å². The summed E-state index contributed by atoms with van der Waals surface area (Å²) in [7, 11) is 1.64. The number of benzene rings is 1. The minimum absolute atomic E-state index is 0.253. The van der Waals surface area contributed by atoms with Crippen LogP contribution in [0.15, 0.2) is 36.5 Å². The summed E-state index contributed by atoms with van der Waals surface area (Å²) in [5, 5.41) is 0.253. The van der Waals surface area contributed by atoms with E-state index in [2.05, 4.69) is 9.97 Å². The predicted octanol–water partition coefficient (Wildman–Crippen LogP) is 2.81. The molecule has 2 rings (SSSR count). The zero-order chi connectivity index (χ0) is 10.7. The van der Waals surface area contributed by atoms with Crippen molar-refractivity contribution < 1.29 is 4.74 Å². The summed E-state index contributed by atoms with van der Waals surface area (Å²) >= 11 is 5.71. The van der Waals surface area contributed by atoms with Crippen molar-refractivity contribution in [2.24, 2.45) is 0 Å². The normalized spacial score (nSPS) is 10.0. The van der Waals surface area contributed by atoms with Gasteiger partial charge < -0.3 is 4.74 Å². The van der Waals surface area contributed by atoms with E-state index < -0.39 is 0 Å². The first-order valence-electron chi connectivity index (χ1n) is 4.42. The Hall–Kier alpha value is -1.61. The van der Waals surface area contributed by atoms with Gasteiger partial charge in [0.15, 0.2) is 0 Å². The van der Waals surface area contributed by atoms with Crippen LogP contribution in [0.3, 0.4) is 0 Å². The van der Waals surface area contributed by atoms with E-state index in [9.17, 15) is 0 Å². The maximum Gasteiger partial charge on any atom is 0.222 e. The first-order valence-corrected chi connectivity index (χ1v) is 4.80. The van der Waals surface area contributed by atoms with E-state index in [0.29, 0.717) is 0 Å². The van der Waals surface area contributed by atoms with E-state index in [-0.39, 0.29) is 5.28 Å². The molecule has 0 fully saturated rings. The van der Waals surface area contributed by atoms with Gasteiger partial charge in [-0.3, -0.25) is 0 Å². The lowest BCUT2D eigenvalue weighted by Gasteiger charge is -2.02. The summed E-state index contributed by atoms with van der Waals surface area (Å²) in [6.07, 6.45) is 1.63. The van der Waals surface area contributed by atoms with Crippen LogP contribution in [0.4, 0.5) is 0 Å². The SMILES string of the molecule is COc1ccc(-c2ccnc(Cl)n2)cc1. The Kier molecular flexibility index (Phi) is 2.83. The van der Waals surface area contributed by atoms with Crippen LogP contribution in [0.2, 0.25) is 5.28 Å². The Morgan fingerprint density at radius 3 is 2.47 bits per heavy atom. The number of methoxy groups -OCH3 is 1. The number of nitrogens with zero attached hydrogens (tertiary/aromatic N) is 2. The molecule has 0 N–H and O–H groups in total. The molecule has 3 nitrogen and oxygen atoms in total. The average Bonchev–Trinajstić information content (AvgIpc) is 2.29. The molecular formula is C11H9ClN2O. The number of aromatic nitrogens is 2. The quantitative estimate of drug-likeness (QED) is 0.730. The van der Waals surface area contributed by atoms with Crippen molar-refractivity contribution in [1.82, 2.24) is 9.97 Å². The van der Waals surface area contributed by atoms with Crippen LogP contribution < -0.4 is 4.74 Å². The van der Waals surface area contributed by atoms with Crippen LogP contribution in [0.1, 0.15) is 0 Å². The fourth-order valence-corrected chi connectivity index (χ4v) is 1.40. The van der Waals surface area contributed by atoms with E-state index in [1.807, 2.05) is 30.3 Å². The lowest BCUT2D eigenvalue weighted by Crippen LogP contribution is -1.87. The zero-order valence-electron chi connectivity index (χ0n) is 8.14. The van der Waals surface area contributed by atoms with Crippen molar-refractivity contribution in [3.8, 4) is 17.0 Å². The van der Waals surface area contributed by atoms with Gasteiger partial charge in [-0.05, 0) is 41.9 Å². The summed E-state index contributed by atoms with van der Waals surface area (Å²) in [4.78, 5) is 7.94. The molecule has 0 radical (unpaired) electrons. The minimum atomic E-state index is 0.253. The minimum Gasteiger partial charge on any atom is -0.497 e. The van der Waals surface area contributed by atoms with Gasteiger partial charge in [-0.2, -0.15) is 0 Å². The van der Waals surface area contributed by atoms with Gasteiger partial charge in [-0.25, -0.2) is 9.97 Å². The second kappa shape index (κ2) is 4.28. The fraction of sp³-hybridized carbons (Fsp3) is 0.0909. The van der Waals surface area contributed by atoms with Gasteiger partial charge in [0, 0.05) is 11.8 Å². The van der Waals surface area contributed by atoms with Gasteiger partial charge in [0.05, 0.1) is 12.8 Å². The highest BCUT2D eigenvalue weighted by Crippen LogP contribution is 2.20. The Morgan fingerprint density at radius 1 is 1.13 bits per heavy atom. The summed E-state index contributed by atoms with van der Waals surface area (Å²) in [6, 6.07) is 9.43. The van der Waals surface area contributed by atoms with Crippen molar-refractivity contribution >= 4 is 11.6 Å². The smallest absolute Gasteiger partial charge is 0.222 e. The molecule has 0 unspecified atom stereocenters. The number of hydrogen-bond acceptors (Lipinski definition) is 3. The van der Waals surface area contributed by atoms with Gasteiger partial charge >= 0.3 is 0 Å². The molecule has 0 saturated carbocycles. The first kappa shape index (κ1) is 9.93. The monoisotopic (exact) mass is 220 g/mol. The van der Waals surface area contributed by atoms with E-state index in [1.54, 1.807) is 13.3 Å². The Labute approximate surface area is 92.7 Å². The van der Waals surface area contributed by atoms with Crippen LogP contribution in [-0.2, 0) is 0 Å². The fourth-order valence-electron chi connectivity index (χ4n) is 1.26. The van der Waals surface area contributed by atoms with Crippen molar-refractivity contribution in [3.05, 3.63) is 41.8 Å². The molecule has 1 aromatic carbocycles. The first-order chi connectivity index (χ1) is 7.29. The molecule has 0 atom stereocenters. The topological polar surface area (TPSA) is 35.0 Å². The van der Waals surface area contributed by atoms with Crippen LogP contribution >= 0.6 is 11.6 Å². The molecule has 2 aromatic rings. The van der Waals surface area contributed by atoms with Crippen LogP contribution in [0, 0.1) is 0 Å². The Morgan fingerprint density at radius 2 is 1.87 bits per heavy atom. The van der Waals surface area contributed by atoms with Crippen molar-refractivity contribution in [2.45, 2.75) is 0 Å². The Bertz CT molecular complexity index is 456. The highest BCUT2D eigenvalue weighted by Gasteiger charge is 2.00. The third kappa shape index (κ3) is 2.25. The second-order valence-corrected chi connectivity index (χ2v) is 3.28. The zero-order valence-corrected chi connectivity index (χ0v) is 8.90. The van der Waals surface area contributed by atoms with Crippen molar-refractivity contribution in [2.75, 3.05) is 7.11 Å². The van der Waals surface area contributed by atoms with Gasteiger partial charge in [0.2, 0.25) is 5.28 Å². The molecule has 1 aromatic heterocycles. The molecule has 76 valence electrons. The molecule has 1 heterocycles. The molecule has 0 aliphatic rings. The van der Waals surface area contributed by atoms with E-state index in [1.165, 1.54) is 0 Å². The van der Waals surface area contributed by atoms with Crippen LogP contribution in [0.5, 0.6) is 5.75 Å². The van der Waals surface area contributed by atoms with Gasteiger partial charge in [-0.1, -0.05) is 0 Å². The molecule has 4 heteroatoms. The highest BCUT2D eigenvalue weighted by atomic mass is 35.5. The predicted molar refractivity (Wildman–Crippen MR) is 59.0 cm³/mol. The number of hydrogen-bond donors (Lipinski definition) is 0. The van der Waals surface area contributed by atoms with Gasteiger partial charge in [-0.15, -0.1) is 0 Å². The van der Waals surface area contributed by atoms with E-state index in [4.69, 9.17) is 16.3 Å². The van der Waals surface area contributed by atoms with Crippen molar-refractivity contribution in [1.29, 1.82) is 0 Å². The summed E-state index contributed by atoms with van der Waals surface area (Å²) in [5.41, 5.74) is 1.79. The molecule has 0 aliphatic carbocycles. The lowest BCUT2D eigenvalue weighted by molar-refractivity contribution is 0.415. The maximum absolute atomic E-state index is 5.71. The molecule has 0 amide bonds. The molecule has 0 spiro atoms. The van der Waals surface area contributed by atoms with E-state index >= 15 is 0 Å². The summed E-state index contributed by atoms with van der Waals surface area (Å²) < 4.78 is 5.07. The lowest BCUT2D eigenvalue weighted by atomic mass is 10.1. The number of halogens is 1. The maximum atomic E-state index is 5.71. The molecule has 15 heavy (non-hydrogen) atoms. The number of rotatable bonds is 2. The van der Waals surface area contributed by atoms with Crippen LogP contribution in [0.25, 0.3) is 11.3 Å².